The lowest BCUT2D eigenvalue weighted by Gasteiger charge is -2.56. The van der Waals surface area contributed by atoms with Gasteiger partial charge in [0, 0.05) is 38.6 Å². The van der Waals surface area contributed by atoms with Crippen molar-refractivity contribution in [3.63, 3.8) is 0 Å². The highest BCUT2D eigenvalue weighted by molar-refractivity contribution is 6.77. The number of aromatic nitrogens is 1. The summed E-state index contributed by atoms with van der Waals surface area (Å²) in [5.74, 6) is 1.53. The Morgan fingerprint density at radius 2 is 1.76 bits per heavy atom. The second-order valence-corrected chi connectivity index (χ2v) is 17.3. The average molecular weight is 551 g/mol. The maximum atomic E-state index is 13.6. The predicted octanol–water partition coefficient (Wildman–Crippen LogP) is 5.56. The van der Waals surface area contributed by atoms with E-state index in [0.29, 0.717) is 36.3 Å². The molecule has 2 fully saturated rings. The molecule has 9 heteroatoms. The van der Waals surface area contributed by atoms with E-state index >= 15 is 0 Å². The number of hydrogen-bond acceptors (Lipinski definition) is 7. The molecule has 2 aliphatic rings. The smallest absolute Gasteiger partial charge is 0.259 e. The first-order valence-corrected chi connectivity index (χ1v) is 16.4. The van der Waals surface area contributed by atoms with Gasteiger partial charge in [0.25, 0.3) is 5.91 Å². The number of ether oxygens (including phenoxy) is 4. The van der Waals surface area contributed by atoms with Crippen molar-refractivity contribution in [3.8, 4) is 5.75 Å². The van der Waals surface area contributed by atoms with E-state index in [1.54, 1.807) is 25.3 Å². The van der Waals surface area contributed by atoms with E-state index in [-0.39, 0.29) is 25.5 Å². The van der Waals surface area contributed by atoms with Crippen molar-refractivity contribution in [2.45, 2.75) is 102 Å². The van der Waals surface area contributed by atoms with Crippen molar-refractivity contribution in [1.29, 1.82) is 0 Å². The third kappa shape index (κ3) is 6.78. The molecule has 0 spiro atoms. The molecule has 1 amide bonds. The summed E-state index contributed by atoms with van der Waals surface area (Å²) in [4.78, 5) is 19.9. The molecule has 0 N–H and O–H groups in total. The van der Waals surface area contributed by atoms with E-state index < -0.39 is 13.9 Å². The Hall–Kier alpha value is -1.52. The highest BCUT2D eigenvalue weighted by Gasteiger charge is 2.63. The summed E-state index contributed by atoms with van der Waals surface area (Å²) in [6.07, 6.45) is 7.05. The van der Waals surface area contributed by atoms with Crippen LogP contribution in [0.4, 0.5) is 0 Å². The Bertz CT molecular complexity index is 872. The first-order chi connectivity index (χ1) is 18.1. The number of nitrogens with zero attached hydrogens (tertiary/aromatic N) is 2. The van der Waals surface area contributed by atoms with Crippen LogP contribution in [0.1, 0.15) is 72.9 Å². The van der Waals surface area contributed by atoms with Crippen LogP contribution >= 0.6 is 0 Å². The lowest BCUT2D eigenvalue weighted by Crippen LogP contribution is -2.78. The molecule has 2 heterocycles. The molecule has 2 atom stereocenters. The zero-order chi connectivity index (χ0) is 27.9. The molecule has 1 saturated carbocycles. The van der Waals surface area contributed by atoms with E-state index in [2.05, 4.69) is 46.5 Å². The summed E-state index contributed by atoms with van der Waals surface area (Å²) in [6, 6.07) is 3.48. The van der Waals surface area contributed by atoms with Crippen molar-refractivity contribution >= 4 is 14.2 Å². The fourth-order valence-corrected chi connectivity index (χ4v) is 11.8. The molecule has 38 heavy (non-hydrogen) atoms. The second kappa shape index (κ2) is 13.7. The van der Waals surface area contributed by atoms with Crippen LogP contribution in [0.5, 0.6) is 5.75 Å². The van der Waals surface area contributed by atoms with E-state index in [1.807, 2.05) is 12.1 Å². The molecular weight excluding hydrogens is 500 g/mol. The number of methoxy groups -OCH3 is 2. The number of pyridine rings is 1. The van der Waals surface area contributed by atoms with Crippen LogP contribution in [0.25, 0.3) is 0 Å². The van der Waals surface area contributed by atoms with Crippen LogP contribution in [0.2, 0.25) is 16.6 Å². The zero-order valence-corrected chi connectivity index (χ0v) is 25.8. The lowest BCUT2D eigenvalue weighted by atomic mass is 9.79. The van der Waals surface area contributed by atoms with Crippen molar-refractivity contribution in [2.75, 3.05) is 41.0 Å². The summed E-state index contributed by atoms with van der Waals surface area (Å²) in [7, 11) is 1.00. The van der Waals surface area contributed by atoms with Gasteiger partial charge in [-0.05, 0) is 41.4 Å². The summed E-state index contributed by atoms with van der Waals surface area (Å²) < 4.78 is 29.9. The summed E-state index contributed by atoms with van der Waals surface area (Å²) in [6.45, 7) is 14.8. The van der Waals surface area contributed by atoms with Gasteiger partial charge in [0.05, 0.1) is 19.3 Å². The van der Waals surface area contributed by atoms with Crippen LogP contribution in [0.15, 0.2) is 18.3 Å². The third-order valence-electron chi connectivity index (χ3n) is 8.39. The SMILES string of the molecule is COCO[C@@]1(Cc2cc(OCCCC3CC3)ccn2)C(=O)N(COC)[C@H]1CO[Si](C(C)C)(C(C)C)C(C)C. The quantitative estimate of drug-likeness (QED) is 0.102. The fraction of sp³-hybridized carbons (Fsp3) is 0.793. The molecule has 8 nitrogen and oxygen atoms in total. The molecule has 3 rings (SSSR count). The highest BCUT2D eigenvalue weighted by atomic mass is 28.4. The largest absolute Gasteiger partial charge is 0.493 e. The number of β-lactam (4-membered cyclic amide) rings is 1. The standard InChI is InChI=1S/C29H50N2O6Si/c1-21(2)38(22(3)4,23(5)6)37-18-27-29(36-20-34-8,28(32)31(27)19-33-7)17-25-16-26(13-14-30-25)35-15-9-10-24-11-12-24/h13-14,16,21-24,27H,9-12,15,17-20H2,1-8H3/t27-,29+/m0/s1. The minimum Gasteiger partial charge on any atom is -0.493 e. The molecule has 1 aliphatic heterocycles. The Morgan fingerprint density at radius 3 is 2.34 bits per heavy atom. The monoisotopic (exact) mass is 550 g/mol. The van der Waals surface area contributed by atoms with Crippen molar-refractivity contribution in [3.05, 3.63) is 24.0 Å². The van der Waals surface area contributed by atoms with Crippen LogP contribution in [0, 0.1) is 5.92 Å². The number of likely N-dealkylation sites (tertiary alicyclic amines) is 1. The van der Waals surface area contributed by atoms with Crippen molar-refractivity contribution < 1.29 is 28.2 Å². The zero-order valence-electron chi connectivity index (χ0n) is 24.8. The van der Waals surface area contributed by atoms with Gasteiger partial charge in [-0.25, -0.2) is 0 Å². The molecule has 1 saturated heterocycles. The maximum Gasteiger partial charge on any atom is 0.259 e. The summed E-state index contributed by atoms with van der Waals surface area (Å²) in [5, 5.41) is 0. The van der Waals surface area contributed by atoms with Gasteiger partial charge in [-0.1, -0.05) is 54.4 Å². The Labute approximate surface area is 230 Å². The molecule has 216 valence electrons. The topological polar surface area (TPSA) is 79.4 Å². The molecule has 1 aromatic heterocycles. The summed E-state index contributed by atoms with van der Waals surface area (Å²) >= 11 is 0. The average Bonchev–Trinajstić information content (AvgIpc) is 3.70. The van der Waals surface area contributed by atoms with Gasteiger partial charge < -0.3 is 28.3 Å². The minimum absolute atomic E-state index is 0.00152. The molecule has 1 aromatic rings. The number of rotatable bonds is 18. The normalized spacial score (nSPS) is 22.0. The van der Waals surface area contributed by atoms with Gasteiger partial charge in [-0.3, -0.25) is 9.78 Å². The Morgan fingerprint density at radius 1 is 1.08 bits per heavy atom. The van der Waals surface area contributed by atoms with Crippen LogP contribution in [0.3, 0.4) is 0 Å². The van der Waals surface area contributed by atoms with Crippen molar-refractivity contribution in [2.24, 2.45) is 5.92 Å². The second-order valence-electron chi connectivity index (χ2n) is 11.9. The van der Waals surface area contributed by atoms with Gasteiger partial charge in [-0.15, -0.1) is 0 Å². The Kier molecular flexibility index (Phi) is 11.2. The number of carbonyl (C=O) groups excluding carboxylic acids is 1. The number of amides is 1. The van der Waals surface area contributed by atoms with Crippen molar-refractivity contribution in [1.82, 2.24) is 9.88 Å². The molecule has 0 bridgehead atoms. The van der Waals surface area contributed by atoms with Gasteiger partial charge in [0.1, 0.15) is 19.3 Å². The number of carbonyl (C=O) groups is 1. The molecule has 1 aliphatic carbocycles. The van der Waals surface area contributed by atoms with Gasteiger partial charge in [0.15, 0.2) is 13.9 Å². The first-order valence-electron chi connectivity index (χ1n) is 14.3. The van der Waals surface area contributed by atoms with E-state index in [1.165, 1.54) is 19.3 Å². The van der Waals surface area contributed by atoms with Gasteiger partial charge in [-0.2, -0.15) is 0 Å². The third-order valence-corrected chi connectivity index (χ3v) is 14.5. The van der Waals surface area contributed by atoms with Gasteiger partial charge in [0.2, 0.25) is 0 Å². The first kappa shape index (κ1) is 31.0. The van der Waals surface area contributed by atoms with Gasteiger partial charge >= 0.3 is 0 Å². The van der Waals surface area contributed by atoms with Crippen LogP contribution < -0.4 is 4.74 Å². The lowest BCUT2D eigenvalue weighted by molar-refractivity contribution is -0.237. The van der Waals surface area contributed by atoms with E-state index in [0.717, 1.165) is 23.8 Å². The van der Waals surface area contributed by atoms with E-state index in [9.17, 15) is 4.79 Å². The molecular formula is C29H50N2O6Si. The van der Waals surface area contributed by atoms with Crippen LogP contribution in [-0.4, -0.2) is 76.7 Å². The highest BCUT2D eigenvalue weighted by Crippen LogP contribution is 2.45. The minimum atomic E-state index is -2.17. The molecule has 0 aromatic carbocycles. The van der Waals surface area contributed by atoms with E-state index in [4.69, 9.17) is 23.4 Å². The fourth-order valence-electron chi connectivity index (χ4n) is 6.39. The molecule has 0 radical (unpaired) electrons. The number of hydrogen-bond donors (Lipinski definition) is 0. The predicted molar refractivity (Wildman–Crippen MR) is 151 cm³/mol. The summed E-state index contributed by atoms with van der Waals surface area (Å²) in [5.41, 5.74) is 0.893. The van der Waals surface area contributed by atoms with Crippen LogP contribution in [-0.2, 0) is 29.9 Å². The molecule has 0 unspecified atom stereocenters. The maximum absolute atomic E-state index is 13.6. The Balaban J connectivity index is 1.82.